The number of nitrogens with two attached hydrogens (primary N) is 1. The molecule has 0 saturated heterocycles. The summed E-state index contributed by atoms with van der Waals surface area (Å²) in [5, 5.41) is 7.89. The van der Waals surface area contributed by atoms with Crippen LogP contribution in [0.4, 0.5) is 10.1 Å². The van der Waals surface area contributed by atoms with Crippen molar-refractivity contribution in [2.45, 2.75) is 58.2 Å². The monoisotopic (exact) mass is 612 g/mol. The zero-order chi connectivity index (χ0) is 32.7. The SMILES string of the molecule is Cn1nc(-c2cccc(-n3ccc4cc(C(C)(C)CN)cc(F)c4c3=O)c2C=O)cc(NC2CC=C(OC(C)(C)C)C=N2)c1=O. The molecule has 10 nitrogen and oxygen atoms in total. The molecule has 0 bridgehead atoms. The van der Waals surface area contributed by atoms with Crippen LogP contribution in [-0.4, -0.2) is 45.2 Å². The van der Waals surface area contributed by atoms with Crippen LogP contribution in [0, 0.1) is 5.82 Å². The highest BCUT2D eigenvalue weighted by atomic mass is 19.1. The van der Waals surface area contributed by atoms with Crippen LogP contribution in [-0.2, 0) is 17.2 Å². The second-order valence-electron chi connectivity index (χ2n) is 12.7. The number of aryl methyl sites for hydroxylation is 1. The number of nitrogens with zero attached hydrogens (tertiary/aromatic N) is 4. The third-order valence-electron chi connectivity index (χ3n) is 7.72. The maximum atomic E-state index is 15.4. The highest BCUT2D eigenvalue weighted by Gasteiger charge is 2.23. The number of carbonyl (C=O) groups excluding carboxylic acids is 1. The quantitative estimate of drug-likeness (QED) is 0.272. The molecule has 0 aliphatic carbocycles. The van der Waals surface area contributed by atoms with Gasteiger partial charge >= 0.3 is 0 Å². The number of nitrogens with one attached hydrogen (secondary N) is 1. The number of aldehydes is 1. The van der Waals surface area contributed by atoms with E-state index in [0.717, 1.165) is 0 Å². The first-order chi connectivity index (χ1) is 21.2. The Labute approximate surface area is 260 Å². The number of ether oxygens (including phenoxy) is 1. The molecule has 45 heavy (non-hydrogen) atoms. The van der Waals surface area contributed by atoms with E-state index in [9.17, 15) is 14.4 Å². The third kappa shape index (κ3) is 6.34. The topological polar surface area (TPSA) is 134 Å². The molecule has 5 rings (SSSR count). The molecule has 1 atom stereocenters. The Morgan fingerprint density at radius 1 is 1.11 bits per heavy atom. The molecule has 0 radical (unpaired) electrons. The average molecular weight is 613 g/mol. The van der Waals surface area contributed by atoms with Crippen LogP contribution in [0.3, 0.4) is 0 Å². The van der Waals surface area contributed by atoms with Crippen LogP contribution in [0.25, 0.3) is 27.7 Å². The molecule has 234 valence electrons. The van der Waals surface area contributed by atoms with Gasteiger partial charge < -0.3 is 15.8 Å². The van der Waals surface area contributed by atoms with E-state index in [4.69, 9.17) is 10.5 Å². The van der Waals surface area contributed by atoms with Gasteiger partial charge in [-0.05, 0) is 62.1 Å². The fraction of sp³-hybridized carbons (Fsp3) is 0.324. The second kappa shape index (κ2) is 11.9. The Morgan fingerprint density at radius 3 is 2.51 bits per heavy atom. The number of carbonyl (C=O) groups is 1. The number of allylic oxidation sites excluding steroid dienone is 1. The van der Waals surface area contributed by atoms with E-state index in [1.54, 1.807) is 42.6 Å². The van der Waals surface area contributed by atoms with Crippen molar-refractivity contribution in [3.63, 3.8) is 0 Å². The molecule has 1 aliphatic heterocycles. The maximum absolute atomic E-state index is 15.4. The van der Waals surface area contributed by atoms with E-state index >= 15 is 4.39 Å². The summed E-state index contributed by atoms with van der Waals surface area (Å²) in [6.07, 6.45) is 5.74. The van der Waals surface area contributed by atoms with Gasteiger partial charge in [0.15, 0.2) is 6.29 Å². The number of hydrogen-bond donors (Lipinski definition) is 2. The first-order valence-corrected chi connectivity index (χ1v) is 14.6. The standard InChI is InChI=1S/C34H37FN6O4/c1-33(2,3)45-22-10-11-29(37-17-22)38-27-16-26(39-40(6)31(27)43)23-8-7-9-28(24(23)18-42)41-13-12-20-14-21(34(4,5)19-36)15-25(35)30(20)32(41)44/h7-10,12-18,29,38H,11,19,36H2,1-6H3. The van der Waals surface area contributed by atoms with Crippen LogP contribution in [0.15, 0.2) is 75.1 Å². The zero-order valence-corrected chi connectivity index (χ0v) is 26.2. The number of aliphatic imine (C=N–C) groups is 1. The van der Waals surface area contributed by atoms with Crippen LogP contribution in [0.2, 0.25) is 0 Å². The van der Waals surface area contributed by atoms with Gasteiger partial charge in [-0.2, -0.15) is 5.10 Å². The minimum atomic E-state index is -0.667. The van der Waals surface area contributed by atoms with Crippen molar-refractivity contribution in [1.29, 1.82) is 0 Å². The number of halogens is 1. The first-order valence-electron chi connectivity index (χ1n) is 14.6. The molecular weight excluding hydrogens is 575 g/mol. The lowest BCUT2D eigenvalue weighted by molar-refractivity contribution is 0.0641. The fourth-order valence-corrected chi connectivity index (χ4v) is 5.18. The van der Waals surface area contributed by atoms with Crippen molar-refractivity contribution in [2.24, 2.45) is 17.8 Å². The van der Waals surface area contributed by atoms with Gasteiger partial charge in [0.05, 0.1) is 23.0 Å². The second-order valence-corrected chi connectivity index (χ2v) is 12.7. The highest BCUT2D eigenvalue weighted by molar-refractivity contribution is 5.92. The number of benzene rings is 2. The van der Waals surface area contributed by atoms with Gasteiger partial charge in [0.25, 0.3) is 11.1 Å². The Balaban J connectivity index is 1.54. The summed E-state index contributed by atoms with van der Waals surface area (Å²) in [7, 11) is 1.51. The molecule has 11 heteroatoms. The van der Waals surface area contributed by atoms with Gasteiger partial charge in [0.2, 0.25) is 0 Å². The normalized spacial score (nSPS) is 15.2. The maximum Gasteiger partial charge on any atom is 0.289 e. The smallest absolute Gasteiger partial charge is 0.289 e. The summed E-state index contributed by atoms with van der Waals surface area (Å²) < 4.78 is 23.7. The van der Waals surface area contributed by atoms with Gasteiger partial charge in [0, 0.05) is 42.8 Å². The lowest BCUT2D eigenvalue weighted by Crippen LogP contribution is -2.29. The molecule has 1 aliphatic rings. The van der Waals surface area contributed by atoms with Crippen molar-refractivity contribution >= 4 is 29.0 Å². The molecule has 4 aromatic rings. The lowest BCUT2D eigenvalue weighted by atomic mass is 9.84. The Kier molecular flexibility index (Phi) is 8.33. The van der Waals surface area contributed by atoms with Crippen LogP contribution < -0.4 is 22.2 Å². The van der Waals surface area contributed by atoms with E-state index in [1.165, 1.54) is 28.6 Å². The van der Waals surface area contributed by atoms with Crippen molar-refractivity contribution in [2.75, 3.05) is 11.9 Å². The van der Waals surface area contributed by atoms with Gasteiger partial charge in [-0.1, -0.05) is 32.0 Å². The number of hydrogen-bond acceptors (Lipinski definition) is 8. The summed E-state index contributed by atoms with van der Waals surface area (Å²) in [6, 6.07) is 11.2. The van der Waals surface area contributed by atoms with Crippen molar-refractivity contribution < 1.29 is 13.9 Å². The van der Waals surface area contributed by atoms with Crippen molar-refractivity contribution in [3.8, 4) is 16.9 Å². The zero-order valence-electron chi connectivity index (χ0n) is 26.2. The molecule has 3 N–H and O–H groups in total. The number of pyridine rings is 1. The van der Waals surface area contributed by atoms with E-state index in [2.05, 4.69) is 15.4 Å². The van der Waals surface area contributed by atoms with Gasteiger partial charge in [-0.25, -0.2) is 9.07 Å². The van der Waals surface area contributed by atoms with Gasteiger partial charge in [-0.15, -0.1) is 0 Å². The number of rotatable bonds is 8. The summed E-state index contributed by atoms with van der Waals surface area (Å²) in [4.78, 5) is 43.7. The summed E-state index contributed by atoms with van der Waals surface area (Å²) in [5.41, 5.74) is 6.09. The van der Waals surface area contributed by atoms with E-state index in [1.807, 2.05) is 40.7 Å². The van der Waals surface area contributed by atoms with Crippen molar-refractivity contribution in [3.05, 3.63) is 98.1 Å². The Morgan fingerprint density at radius 2 is 1.87 bits per heavy atom. The predicted octanol–water partition coefficient (Wildman–Crippen LogP) is 4.85. The molecule has 3 heterocycles. The van der Waals surface area contributed by atoms with E-state index in [-0.39, 0.29) is 33.5 Å². The molecular formula is C34H37FN6O4. The summed E-state index contributed by atoms with van der Waals surface area (Å²) in [5.74, 6) is -0.0140. The molecule has 0 fully saturated rings. The summed E-state index contributed by atoms with van der Waals surface area (Å²) in [6.45, 7) is 9.97. The molecule has 0 saturated carbocycles. The molecule has 0 amide bonds. The Bertz CT molecular complexity index is 1980. The average Bonchev–Trinajstić information content (AvgIpc) is 2.99. The van der Waals surface area contributed by atoms with E-state index < -0.39 is 23.0 Å². The number of dihydropyridines is 1. The minimum absolute atomic E-state index is 0.0961. The fourth-order valence-electron chi connectivity index (χ4n) is 5.18. The third-order valence-corrected chi connectivity index (χ3v) is 7.72. The lowest BCUT2D eigenvalue weighted by Gasteiger charge is -2.25. The number of fused-ring (bicyclic) bond motifs is 1. The molecule has 2 aromatic carbocycles. The number of anilines is 1. The molecule has 2 aromatic heterocycles. The molecule has 0 spiro atoms. The van der Waals surface area contributed by atoms with Crippen LogP contribution >= 0.6 is 0 Å². The van der Waals surface area contributed by atoms with Crippen LogP contribution in [0.5, 0.6) is 0 Å². The highest BCUT2D eigenvalue weighted by Crippen LogP contribution is 2.30. The largest absolute Gasteiger partial charge is 0.487 e. The molecule has 1 unspecified atom stereocenters. The Hall–Kier alpha value is -4.90. The van der Waals surface area contributed by atoms with E-state index in [0.29, 0.717) is 47.2 Å². The first kappa shape index (κ1) is 31.5. The number of aromatic nitrogens is 3. The minimum Gasteiger partial charge on any atom is -0.487 e. The van der Waals surface area contributed by atoms with Gasteiger partial charge in [0.1, 0.15) is 29.0 Å². The van der Waals surface area contributed by atoms with Gasteiger partial charge in [-0.3, -0.25) is 23.9 Å². The summed E-state index contributed by atoms with van der Waals surface area (Å²) >= 11 is 0. The van der Waals surface area contributed by atoms with Crippen LogP contribution in [0.1, 0.15) is 57.0 Å². The van der Waals surface area contributed by atoms with Crippen molar-refractivity contribution in [1.82, 2.24) is 14.3 Å². The predicted molar refractivity (Wildman–Crippen MR) is 175 cm³/mol.